The lowest BCUT2D eigenvalue weighted by atomic mass is 9.85. The van der Waals surface area contributed by atoms with Crippen molar-refractivity contribution in [3.63, 3.8) is 0 Å². The van der Waals surface area contributed by atoms with Crippen LogP contribution in [-0.2, 0) is 12.8 Å². The van der Waals surface area contributed by atoms with Gasteiger partial charge in [0.05, 0.1) is 0 Å². The van der Waals surface area contributed by atoms with E-state index in [1.165, 1.54) is 44.1 Å². The van der Waals surface area contributed by atoms with Crippen LogP contribution in [-0.4, -0.2) is 20.6 Å². The van der Waals surface area contributed by atoms with E-state index >= 15 is 0 Å². The largest absolute Gasteiger partial charge is 0.319 e. The van der Waals surface area contributed by atoms with Gasteiger partial charge >= 0.3 is 0 Å². The van der Waals surface area contributed by atoms with E-state index in [1.54, 1.807) is 11.1 Å². The Morgan fingerprint density at radius 2 is 1.84 bits per heavy atom. The highest BCUT2D eigenvalue weighted by molar-refractivity contribution is 5.36. The molecule has 1 unspecified atom stereocenters. The van der Waals surface area contributed by atoms with E-state index in [-0.39, 0.29) is 0 Å². The van der Waals surface area contributed by atoms with Crippen LogP contribution in [0.5, 0.6) is 0 Å². The number of nitrogens with one attached hydrogen (secondary N) is 2. The van der Waals surface area contributed by atoms with Gasteiger partial charge in [-0.25, -0.2) is 0 Å². The number of hydrogen-bond donors (Lipinski definition) is 2. The van der Waals surface area contributed by atoms with Crippen molar-refractivity contribution in [2.75, 3.05) is 20.6 Å². The smallest absolute Gasteiger partial charge is 0.0387 e. The van der Waals surface area contributed by atoms with E-state index in [4.69, 9.17) is 0 Å². The molecule has 0 radical (unpaired) electrons. The summed E-state index contributed by atoms with van der Waals surface area (Å²) in [5.74, 6) is 0. The molecule has 1 atom stereocenters. The average Bonchev–Trinajstić information content (AvgIpc) is 3.20. The molecule has 0 heterocycles. The lowest BCUT2D eigenvalue weighted by Gasteiger charge is -2.28. The van der Waals surface area contributed by atoms with Crippen molar-refractivity contribution in [3.05, 3.63) is 34.9 Å². The molecule has 19 heavy (non-hydrogen) atoms. The maximum absolute atomic E-state index is 3.57. The first-order chi connectivity index (χ1) is 9.29. The van der Waals surface area contributed by atoms with Gasteiger partial charge in [-0.2, -0.15) is 0 Å². The van der Waals surface area contributed by atoms with Crippen molar-refractivity contribution < 1.29 is 0 Å². The molecule has 2 nitrogen and oxygen atoms in total. The van der Waals surface area contributed by atoms with Crippen LogP contribution in [0.4, 0.5) is 0 Å². The minimum Gasteiger partial charge on any atom is -0.319 e. The normalized spacial score (nSPS) is 21.8. The molecule has 2 aliphatic rings. The monoisotopic (exact) mass is 258 g/mol. The van der Waals surface area contributed by atoms with Crippen molar-refractivity contribution in [2.24, 2.45) is 5.41 Å². The molecule has 1 saturated carbocycles. The second kappa shape index (κ2) is 5.26. The van der Waals surface area contributed by atoms with Crippen molar-refractivity contribution in [3.8, 4) is 0 Å². The van der Waals surface area contributed by atoms with Gasteiger partial charge < -0.3 is 10.6 Å². The Balaban J connectivity index is 1.87. The number of fused-ring (bicyclic) bond motifs is 1. The van der Waals surface area contributed by atoms with E-state index in [0.717, 1.165) is 6.54 Å². The van der Waals surface area contributed by atoms with Crippen LogP contribution < -0.4 is 10.6 Å². The van der Waals surface area contributed by atoms with Gasteiger partial charge in [0.2, 0.25) is 0 Å². The maximum atomic E-state index is 3.57. The molecule has 1 aromatic carbocycles. The Morgan fingerprint density at radius 3 is 2.47 bits per heavy atom. The highest BCUT2D eigenvalue weighted by Gasteiger charge is 2.48. The molecule has 1 fully saturated rings. The van der Waals surface area contributed by atoms with Crippen molar-refractivity contribution in [1.29, 1.82) is 0 Å². The lowest BCUT2D eigenvalue weighted by molar-refractivity contribution is 0.346. The summed E-state index contributed by atoms with van der Waals surface area (Å²) in [5.41, 5.74) is 5.13. The van der Waals surface area contributed by atoms with E-state index in [2.05, 4.69) is 42.9 Å². The Hall–Kier alpha value is -0.860. The fourth-order valence-electron chi connectivity index (χ4n) is 3.84. The van der Waals surface area contributed by atoms with E-state index in [9.17, 15) is 0 Å². The van der Waals surface area contributed by atoms with Gasteiger partial charge in [0.25, 0.3) is 0 Å². The zero-order valence-electron chi connectivity index (χ0n) is 12.3. The third-order valence-electron chi connectivity index (χ3n) is 5.03. The summed E-state index contributed by atoms with van der Waals surface area (Å²) in [7, 11) is 4.18. The molecule has 0 aliphatic heterocycles. The molecule has 0 bridgehead atoms. The van der Waals surface area contributed by atoms with Gasteiger partial charge in [0, 0.05) is 18.0 Å². The quantitative estimate of drug-likeness (QED) is 0.848. The van der Waals surface area contributed by atoms with E-state index < -0.39 is 0 Å². The lowest BCUT2D eigenvalue weighted by Crippen LogP contribution is -2.33. The zero-order valence-corrected chi connectivity index (χ0v) is 12.3. The number of aryl methyl sites for hydroxylation is 2. The van der Waals surface area contributed by atoms with Crippen LogP contribution in [0.25, 0.3) is 0 Å². The summed E-state index contributed by atoms with van der Waals surface area (Å²) in [4.78, 5) is 0. The van der Waals surface area contributed by atoms with Gasteiger partial charge in [-0.3, -0.25) is 0 Å². The summed E-state index contributed by atoms with van der Waals surface area (Å²) in [5, 5.41) is 6.95. The molecule has 3 rings (SSSR count). The summed E-state index contributed by atoms with van der Waals surface area (Å²) in [6, 6.07) is 7.72. The fourth-order valence-corrected chi connectivity index (χ4v) is 3.84. The molecule has 2 aliphatic carbocycles. The molecule has 1 aromatic rings. The summed E-state index contributed by atoms with van der Waals surface area (Å²) in [6.07, 6.45) is 7.97. The summed E-state index contributed by atoms with van der Waals surface area (Å²) in [6.45, 7) is 1.12. The minimum atomic E-state index is 0.451. The Kier molecular flexibility index (Phi) is 3.64. The van der Waals surface area contributed by atoms with Crippen LogP contribution in [0.1, 0.15) is 48.4 Å². The van der Waals surface area contributed by atoms with Crippen LogP contribution in [0, 0.1) is 5.41 Å². The third-order valence-corrected chi connectivity index (χ3v) is 5.03. The van der Waals surface area contributed by atoms with Crippen molar-refractivity contribution >= 4 is 0 Å². The molecule has 0 saturated heterocycles. The number of benzene rings is 1. The van der Waals surface area contributed by atoms with Crippen LogP contribution >= 0.6 is 0 Å². The van der Waals surface area contributed by atoms with Gasteiger partial charge in [0.15, 0.2) is 0 Å². The van der Waals surface area contributed by atoms with Crippen LogP contribution in [0.3, 0.4) is 0 Å². The highest BCUT2D eigenvalue weighted by Crippen LogP contribution is 2.54. The first-order valence-corrected chi connectivity index (χ1v) is 7.73. The second-order valence-electron chi connectivity index (χ2n) is 6.35. The molecular formula is C17H26N2. The second-order valence-corrected chi connectivity index (χ2v) is 6.35. The first kappa shape index (κ1) is 13.1. The summed E-state index contributed by atoms with van der Waals surface area (Å²) < 4.78 is 0. The predicted molar refractivity (Wildman–Crippen MR) is 80.5 cm³/mol. The van der Waals surface area contributed by atoms with E-state index in [1.807, 2.05) is 0 Å². The van der Waals surface area contributed by atoms with Gasteiger partial charge in [0.1, 0.15) is 0 Å². The van der Waals surface area contributed by atoms with Crippen molar-refractivity contribution in [2.45, 2.75) is 44.6 Å². The highest BCUT2D eigenvalue weighted by atomic mass is 15.0. The Labute approximate surface area is 117 Å². The first-order valence-electron chi connectivity index (χ1n) is 7.73. The standard InChI is InChI=1S/C17H26N2/c1-18-12-17(9-10-17)16(19-2)15-8-7-13-5-3-4-6-14(13)11-15/h7-8,11,16,18-19H,3-6,9-10,12H2,1-2H3. The number of rotatable bonds is 5. The van der Waals surface area contributed by atoms with Crippen LogP contribution in [0.15, 0.2) is 18.2 Å². The molecule has 2 N–H and O–H groups in total. The zero-order chi connectivity index (χ0) is 13.3. The Morgan fingerprint density at radius 1 is 1.11 bits per heavy atom. The topological polar surface area (TPSA) is 24.1 Å². The van der Waals surface area contributed by atoms with Gasteiger partial charge in [-0.1, -0.05) is 18.2 Å². The predicted octanol–water partition coefficient (Wildman–Crippen LogP) is 2.83. The molecule has 104 valence electrons. The molecular weight excluding hydrogens is 232 g/mol. The summed E-state index contributed by atoms with van der Waals surface area (Å²) >= 11 is 0. The van der Waals surface area contributed by atoms with Crippen LogP contribution in [0.2, 0.25) is 0 Å². The minimum absolute atomic E-state index is 0.451. The van der Waals surface area contributed by atoms with Gasteiger partial charge in [-0.15, -0.1) is 0 Å². The SMILES string of the molecule is CNCC1(C(NC)c2ccc3c(c2)CCCC3)CC1. The maximum Gasteiger partial charge on any atom is 0.0387 e. The Bertz CT molecular complexity index is 449. The molecule has 0 amide bonds. The number of hydrogen-bond acceptors (Lipinski definition) is 2. The fraction of sp³-hybridized carbons (Fsp3) is 0.647. The van der Waals surface area contributed by atoms with E-state index in [0.29, 0.717) is 11.5 Å². The average molecular weight is 258 g/mol. The molecule has 0 aromatic heterocycles. The van der Waals surface area contributed by atoms with Crippen molar-refractivity contribution in [1.82, 2.24) is 10.6 Å². The van der Waals surface area contributed by atoms with Gasteiger partial charge in [-0.05, 0) is 69.3 Å². The third kappa shape index (κ3) is 2.44. The molecule has 0 spiro atoms. The molecule has 2 heteroatoms.